The minimum Gasteiger partial charge on any atom is -0.336 e. The monoisotopic (exact) mass is 305 g/mol. The smallest absolute Gasteiger partial charge is 0.316 e. The van der Waals surface area contributed by atoms with Gasteiger partial charge in [-0.05, 0) is 18.2 Å². The second-order valence-corrected chi connectivity index (χ2v) is 5.02. The summed E-state index contributed by atoms with van der Waals surface area (Å²) in [5, 5.41) is 11.8. The number of nitriles is 1. The number of benzene rings is 1. The number of halogens is 1. The number of carbonyl (C=O) groups excluding carboxylic acids is 1. The van der Waals surface area contributed by atoms with Crippen LogP contribution < -0.4 is 5.32 Å². The second kappa shape index (κ2) is 6.46. The van der Waals surface area contributed by atoms with Crippen LogP contribution in [-0.2, 0) is 12.4 Å². The Bertz CT molecular complexity index is 701. The summed E-state index contributed by atoms with van der Waals surface area (Å²) >= 11 is 5.93. The van der Waals surface area contributed by atoms with E-state index in [-0.39, 0.29) is 11.9 Å². The molecule has 2 rings (SSSR count). The molecule has 1 aromatic carbocycles. The summed E-state index contributed by atoms with van der Waals surface area (Å²) in [6, 6.07) is 7.28. The Kier molecular flexibility index (Phi) is 4.66. The van der Waals surface area contributed by atoms with Crippen LogP contribution >= 0.6 is 11.6 Å². The molecule has 0 fully saturated rings. The van der Waals surface area contributed by atoms with E-state index < -0.39 is 0 Å². The van der Waals surface area contributed by atoms with Gasteiger partial charge in [0.2, 0.25) is 0 Å². The van der Waals surface area contributed by atoms with Crippen LogP contribution in [0.5, 0.6) is 0 Å². The minimum atomic E-state index is -0.149. The zero-order valence-electron chi connectivity index (χ0n) is 11.9. The number of fused-ring (bicyclic) bond motifs is 1. The van der Waals surface area contributed by atoms with Gasteiger partial charge in [-0.2, -0.15) is 5.26 Å². The third-order valence-corrected chi connectivity index (χ3v) is 3.33. The molecule has 2 aromatic rings. The van der Waals surface area contributed by atoms with Gasteiger partial charge in [-0.25, -0.2) is 9.78 Å². The van der Waals surface area contributed by atoms with Crippen LogP contribution in [0, 0.1) is 11.3 Å². The zero-order valence-corrected chi connectivity index (χ0v) is 12.7. The predicted molar refractivity (Wildman–Crippen MR) is 81.1 cm³/mol. The number of hydrogen-bond donors (Lipinski definition) is 1. The molecule has 1 aromatic heterocycles. The summed E-state index contributed by atoms with van der Waals surface area (Å²) in [6.07, 6.45) is 0. The average Bonchev–Trinajstić information content (AvgIpc) is 2.84. The molecule has 1 heterocycles. The number of nitrogens with zero attached hydrogens (tertiary/aromatic N) is 4. The number of urea groups is 1. The van der Waals surface area contributed by atoms with Crippen molar-refractivity contribution in [2.45, 2.75) is 12.4 Å². The van der Waals surface area contributed by atoms with Gasteiger partial charge in [0.1, 0.15) is 5.82 Å². The number of carbonyl (C=O) groups is 1. The van der Waals surface area contributed by atoms with Crippen molar-refractivity contribution in [3.63, 3.8) is 0 Å². The van der Waals surface area contributed by atoms with E-state index in [0.717, 1.165) is 16.9 Å². The van der Waals surface area contributed by atoms with Gasteiger partial charge in [0.05, 0.1) is 28.5 Å². The van der Waals surface area contributed by atoms with Crippen LogP contribution in [0.3, 0.4) is 0 Å². The van der Waals surface area contributed by atoms with Crippen LogP contribution in [0.1, 0.15) is 11.4 Å². The molecule has 7 heteroatoms. The lowest BCUT2D eigenvalue weighted by molar-refractivity contribution is 0.217. The second-order valence-electron chi connectivity index (χ2n) is 4.75. The van der Waals surface area contributed by atoms with E-state index in [1.54, 1.807) is 32.3 Å². The lowest BCUT2D eigenvalue weighted by atomic mass is 10.2. The van der Waals surface area contributed by atoms with Gasteiger partial charge in [0, 0.05) is 27.2 Å². The largest absolute Gasteiger partial charge is 0.336 e. The fraction of sp³-hybridized carbons (Fsp3) is 0.357. The minimum absolute atomic E-state index is 0.149. The van der Waals surface area contributed by atoms with E-state index in [9.17, 15) is 4.79 Å². The summed E-state index contributed by atoms with van der Waals surface area (Å²) in [7, 11) is 3.37. The molecule has 1 N–H and O–H groups in total. The Balaban J connectivity index is 2.24. The van der Waals surface area contributed by atoms with Gasteiger partial charge in [0.25, 0.3) is 0 Å². The Hall–Kier alpha value is -2.26. The van der Waals surface area contributed by atoms with E-state index in [2.05, 4.69) is 16.4 Å². The normalized spacial score (nSPS) is 10.4. The molecule has 0 unspecified atom stereocenters. The van der Waals surface area contributed by atoms with E-state index in [1.807, 2.05) is 4.57 Å². The quantitative estimate of drug-likeness (QED) is 0.877. The first kappa shape index (κ1) is 15.1. The van der Waals surface area contributed by atoms with E-state index in [1.165, 1.54) is 4.90 Å². The maximum atomic E-state index is 11.5. The van der Waals surface area contributed by atoms with Crippen molar-refractivity contribution in [2.24, 2.45) is 0 Å². The molecule has 2 amide bonds. The third-order valence-electron chi connectivity index (χ3n) is 3.09. The average molecular weight is 306 g/mol. The molecule has 0 bridgehead atoms. The number of rotatable bonds is 4. The molecular weight excluding hydrogens is 290 g/mol. The number of hydrogen-bond acceptors (Lipinski definition) is 3. The topological polar surface area (TPSA) is 74.0 Å². The number of amides is 2. The summed E-state index contributed by atoms with van der Waals surface area (Å²) in [5.74, 6) is 0.999. The van der Waals surface area contributed by atoms with Crippen LogP contribution in [0.2, 0.25) is 0 Å². The van der Waals surface area contributed by atoms with Gasteiger partial charge >= 0.3 is 6.03 Å². The van der Waals surface area contributed by atoms with Crippen LogP contribution in [-0.4, -0.2) is 41.1 Å². The van der Waals surface area contributed by atoms with Gasteiger partial charge in [-0.3, -0.25) is 0 Å². The van der Waals surface area contributed by atoms with E-state index >= 15 is 0 Å². The first-order chi connectivity index (χ1) is 10.1. The van der Waals surface area contributed by atoms with Crippen LogP contribution in [0.4, 0.5) is 4.79 Å². The Labute approximate surface area is 127 Å². The Morgan fingerprint density at radius 2 is 2.29 bits per heavy atom. The predicted octanol–water partition coefficient (Wildman–Crippen LogP) is 1.92. The molecule has 6 nitrogen and oxygen atoms in total. The fourth-order valence-corrected chi connectivity index (χ4v) is 2.23. The number of nitrogens with one attached hydrogen (secondary N) is 1. The van der Waals surface area contributed by atoms with Crippen molar-refractivity contribution in [3.05, 3.63) is 29.6 Å². The lowest BCUT2D eigenvalue weighted by Crippen LogP contribution is -2.36. The highest BCUT2D eigenvalue weighted by atomic mass is 35.5. The third kappa shape index (κ3) is 3.26. The van der Waals surface area contributed by atoms with Crippen LogP contribution in [0.25, 0.3) is 11.0 Å². The molecule has 0 aliphatic rings. The standard InChI is InChI=1S/C14H16ClN5O/c1-19(2)14(21)17-5-6-20-12-7-10(9-16)3-4-11(12)18-13(20)8-15/h3-4,7H,5-6,8H2,1-2H3,(H,17,21). The number of aromatic nitrogens is 2. The highest BCUT2D eigenvalue weighted by Crippen LogP contribution is 2.19. The van der Waals surface area contributed by atoms with E-state index in [0.29, 0.717) is 18.7 Å². The first-order valence-electron chi connectivity index (χ1n) is 6.47. The fourth-order valence-electron chi connectivity index (χ4n) is 2.03. The molecule has 21 heavy (non-hydrogen) atoms. The molecule has 110 valence electrons. The lowest BCUT2D eigenvalue weighted by Gasteiger charge is -2.13. The summed E-state index contributed by atoms with van der Waals surface area (Å²) in [6.45, 7) is 1.01. The van der Waals surface area contributed by atoms with Gasteiger partial charge < -0.3 is 14.8 Å². The Morgan fingerprint density at radius 1 is 1.52 bits per heavy atom. The van der Waals surface area contributed by atoms with Gasteiger partial charge in [-0.15, -0.1) is 11.6 Å². The molecule has 0 saturated carbocycles. The maximum Gasteiger partial charge on any atom is 0.316 e. The number of alkyl halides is 1. The van der Waals surface area contributed by atoms with Crippen molar-refractivity contribution in [2.75, 3.05) is 20.6 Å². The molecule has 0 spiro atoms. The van der Waals surface area contributed by atoms with Gasteiger partial charge in [0.15, 0.2) is 0 Å². The van der Waals surface area contributed by atoms with Crippen molar-refractivity contribution in [1.29, 1.82) is 5.26 Å². The molecule has 0 aliphatic heterocycles. The SMILES string of the molecule is CN(C)C(=O)NCCn1c(CCl)nc2ccc(C#N)cc21. The summed E-state index contributed by atoms with van der Waals surface area (Å²) in [4.78, 5) is 17.4. The molecule has 0 aliphatic carbocycles. The summed E-state index contributed by atoms with van der Waals surface area (Å²) < 4.78 is 1.93. The van der Waals surface area contributed by atoms with E-state index in [4.69, 9.17) is 16.9 Å². The van der Waals surface area contributed by atoms with Crippen LogP contribution in [0.15, 0.2) is 18.2 Å². The maximum absolute atomic E-state index is 11.5. The first-order valence-corrected chi connectivity index (χ1v) is 7.00. The highest BCUT2D eigenvalue weighted by Gasteiger charge is 2.11. The van der Waals surface area contributed by atoms with Crippen molar-refractivity contribution < 1.29 is 4.79 Å². The van der Waals surface area contributed by atoms with Crippen molar-refractivity contribution in [3.8, 4) is 6.07 Å². The van der Waals surface area contributed by atoms with Crippen molar-refractivity contribution in [1.82, 2.24) is 19.8 Å². The highest BCUT2D eigenvalue weighted by molar-refractivity contribution is 6.16. The molecule has 0 saturated heterocycles. The van der Waals surface area contributed by atoms with Gasteiger partial charge in [-0.1, -0.05) is 0 Å². The molecule has 0 atom stereocenters. The molecular formula is C14H16ClN5O. The zero-order chi connectivity index (χ0) is 15.4. The number of imidazole rings is 1. The van der Waals surface area contributed by atoms with Crippen molar-refractivity contribution >= 4 is 28.7 Å². The molecule has 0 radical (unpaired) electrons. The summed E-state index contributed by atoms with van der Waals surface area (Å²) in [5.41, 5.74) is 2.22. The Morgan fingerprint density at radius 3 is 2.90 bits per heavy atom.